The van der Waals surface area contributed by atoms with Crippen LogP contribution in [-0.4, -0.2) is 138 Å². The topological polar surface area (TPSA) is 411 Å². The van der Waals surface area contributed by atoms with Gasteiger partial charge >= 0.3 is 29.4 Å². The first kappa shape index (κ1) is 54.0. The van der Waals surface area contributed by atoms with Crippen molar-refractivity contribution in [1.29, 1.82) is 0 Å². The van der Waals surface area contributed by atoms with Gasteiger partial charge in [0.05, 0.1) is 24.5 Å². The van der Waals surface area contributed by atoms with Crippen LogP contribution >= 0.6 is 23.3 Å². The lowest BCUT2D eigenvalue weighted by Gasteiger charge is -2.44. The van der Waals surface area contributed by atoms with Crippen molar-refractivity contribution in [3.05, 3.63) is 64.8 Å². The number of fused-ring (bicyclic) bond motifs is 5. The number of nitrogen functional groups attached to an aromatic ring is 1. The van der Waals surface area contributed by atoms with Crippen molar-refractivity contribution in [2.45, 2.75) is 76.5 Å². The molecule has 1 fully saturated rings. The van der Waals surface area contributed by atoms with E-state index in [0.29, 0.717) is 52.3 Å². The van der Waals surface area contributed by atoms with Gasteiger partial charge in [0.15, 0.2) is 35.3 Å². The lowest BCUT2D eigenvalue weighted by Crippen LogP contribution is -2.46. The smallest absolute Gasteiger partial charge is 0.452 e. The van der Waals surface area contributed by atoms with E-state index in [1.165, 1.54) is 4.57 Å². The first-order valence-corrected chi connectivity index (χ1v) is 28.8. The summed E-state index contributed by atoms with van der Waals surface area (Å²) in [5.74, 6) is -0.0309. The maximum absolute atomic E-state index is 13.1. The normalized spacial score (nSPS) is 21.8. The van der Waals surface area contributed by atoms with Crippen LogP contribution in [0.5, 0.6) is 11.5 Å². The number of nitrogens with two attached hydrogens (primary N) is 1. The van der Waals surface area contributed by atoms with Gasteiger partial charge < -0.3 is 60.2 Å². The number of amides is 2. The van der Waals surface area contributed by atoms with Crippen molar-refractivity contribution in [2.24, 2.45) is 4.99 Å². The van der Waals surface area contributed by atoms with E-state index in [4.69, 9.17) is 39.2 Å². The zero-order valence-electron chi connectivity index (χ0n) is 39.2. The maximum Gasteiger partial charge on any atom is 0.480 e. The van der Waals surface area contributed by atoms with E-state index in [1.54, 1.807) is 18.2 Å². The second-order valence-electron chi connectivity index (χ2n) is 17.8. The number of hydrogen-bond acceptors (Lipinski definition) is 19. The van der Waals surface area contributed by atoms with E-state index in [2.05, 4.69) is 41.4 Å². The first-order chi connectivity index (χ1) is 34.2. The van der Waals surface area contributed by atoms with E-state index in [0.717, 1.165) is 54.4 Å². The Hall–Kier alpha value is -5.29. The summed E-state index contributed by atoms with van der Waals surface area (Å²) >= 11 is 0. The Kier molecular flexibility index (Phi) is 15.4. The number of alkyl carbamates (subject to hydrolysis) is 1. The number of aliphatic hydroxyl groups excluding tert-OH is 1. The Labute approximate surface area is 415 Å². The van der Waals surface area contributed by atoms with Gasteiger partial charge in [-0.15, -0.1) is 4.86 Å². The number of ether oxygens (including phenoxy) is 3. The zero-order valence-corrected chi connectivity index (χ0v) is 42.7. The molecule has 4 aliphatic heterocycles. The van der Waals surface area contributed by atoms with E-state index in [1.807, 2.05) is 30.9 Å². The molecule has 0 spiro atoms. The number of aliphatic hydroxyl groups is 1. The molecule has 4 aliphatic rings. The van der Waals surface area contributed by atoms with Crippen LogP contribution in [0.4, 0.5) is 22.0 Å². The maximum atomic E-state index is 13.1. The van der Waals surface area contributed by atoms with Crippen LogP contribution in [0, 0.1) is 0 Å². The summed E-state index contributed by atoms with van der Waals surface area (Å²) in [5, 5.41) is 18.2. The molecule has 6 atom stereocenters. The lowest BCUT2D eigenvalue weighted by atomic mass is 9.88. The van der Waals surface area contributed by atoms with Crippen molar-refractivity contribution in [1.82, 2.24) is 39.6 Å². The third kappa shape index (κ3) is 12.6. The van der Waals surface area contributed by atoms with Crippen LogP contribution < -0.4 is 46.2 Å². The monoisotopic (exact) mass is 1100 g/mol. The molecular formula is C40H53N11O18P3S+. The number of benzene rings is 2. The number of aromatic nitrogens is 4. The summed E-state index contributed by atoms with van der Waals surface area (Å²) in [5.41, 5.74) is 8.39. The predicted octanol–water partition coefficient (Wildman–Crippen LogP) is 0.659. The Morgan fingerprint density at radius 1 is 1.04 bits per heavy atom. The van der Waals surface area contributed by atoms with E-state index >= 15 is 0 Å². The molecule has 2 aromatic carbocycles. The highest BCUT2D eigenvalue weighted by Gasteiger charge is 2.49. The first-order valence-electron chi connectivity index (χ1n) is 22.5. The highest BCUT2D eigenvalue weighted by atomic mass is 32.2. The lowest BCUT2D eigenvalue weighted by molar-refractivity contribution is -0.121. The van der Waals surface area contributed by atoms with Gasteiger partial charge in [0.1, 0.15) is 53.9 Å². The molecular weight excluding hydrogens is 1050 g/mol. The van der Waals surface area contributed by atoms with Crippen molar-refractivity contribution >= 4 is 79.4 Å². The third-order valence-corrected chi connectivity index (χ3v) is 17.0. The van der Waals surface area contributed by atoms with Gasteiger partial charge in [0, 0.05) is 55.4 Å². The number of nitrogens with one attached hydrogen (secondary N) is 3. The molecule has 29 nitrogen and oxygen atoms in total. The van der Waals surface area contributed by atoms with Crippen LogP contribution in [0.1, 0.15) is 57.4 Å². The summed E-state index contributed by atoms with van der Waals surface area (Å²) in [6.07, 6.45) is -1.52. The fourth-order valence-corrected chi connectivity index (χ4v) is 13.1. The minimum atomic E-state index is -5.65. The second-order valence-corrected chi connectivity index (χ2v) is 24.0. The van der Waals surface area contributed by atoms with Crippen LogP contribution in [0.2, 0.25) is 0 Å². The van der Waals surface area contributed by atoms with Gasteiger partial charge in [-0.05, 0) is 51.3 Å². The van der Waals surface area contributed by atoms with Crippen LogP contribution in [0.15, 0.2) is 48.0 Å². The average molecular weight is 1100 g/mol. The molecule has 6 heterocycles. The minimum absolute atomic E-state index is 0.0187. The largest absolute Gasteiger partial charge is 0.480 e. The van der Waals surface area contributed by atoms with E-state index in [9.17, 15) is 51.1 Å². The molecule has 2 unspecified atom stereocenters. The summed E-state index contributed by atoms with van der Waals surface area (Å²) in [7, 11) is -21.2. The quantitative estimate of drug-likeness (QED) is 0.0235. The highest BCUT2D eigenvalue weighted by molar-refractivity contribution is 7.86. The molecule has 0 radical (unpaired) electrons. The second kappa shape index (κ2) is 20.8. The summed E-state index contributed by atoms with van der Waals surface area (Å²) in [6, 6.07) is 7.56. The average Bonchev–Trinajstić information content (AvgIpc) is 3.84. The van der Waals surface area contributed by atoms with Crippen molar-refractivity contribution in [2.75, 3.05) is 55.7 Å². The fraction of sp³-hybridized carbons (Fsp3) is 0.475. The van der Waals surface area contributed by atoms with Gasteiger partial charge in [0.2, 0.25) is 11.3 Å². The standard InChI is InChI=1S/C40H52N11O18P3S/c1-4-49-11-5-7-22-13-25-29(15-27(22)49)66-30-16-28-24(14-26(30)47-25)23(19-73(62,63)64)17-40(2,3)51(28)12-6-8-32(52)42-9-10-43-39(54)68-35-31(18-65-72(60,61)69-71(58,59)48-70(55,56)57)67-38(34(35)53)50-21-46-33-36(41)44-20-45-37(33)50/h13-17,20-21,31,34-35,38,53H,4-12,18-19H2,1-3H3,(H9-,41,42,43,44,45,48,52,54,55,56,57,58,59,60,61,62,63,64)/p+1/t31-,34-,35-,38-/m1/s1. The van der Waals surface area contributed by atoms with Crippen molar-refractivity contribution in [3.8, 4) is 11.5 Å². The van der Waals surface area contributed by atoms with Crippen LogP contribution in [-0.2, 0) is 53.3 Å². The summed E-state index contributed by atoms with van der Waals surface area (Å²) < 4.78 is 100. The molecule has 0 saturated carbocycles. The molecule has 11 N–H and O–H groups in total. The van der Waals surface area contributed by atoms with Gasteiger partial charge in [-0.2, -0.15) is 12.7 Å². The van der Waals surface area contributed by atoms with E-state index < -0.39 is 87.9 Å². The van der Waals surface area contributed by atoms with Crippen molar-refractivity contribution < 1.29 is 84.0 Å². The number of imidazole rings is 1. The SMILES string of the molecule is CC[N+]1=c2cc3c(cc2CCC1)=Nc1cc2c(cc1O3)N(CCCC(=O)NCCNC(=O)O[C@H]1[C@@H](O)[C@H](n3cnc4c(N)ncnc43)O[C@@H]1COP(=O)(O)OP(=O)(O)NP(=O)(O)O)C(C)(C)C=C2CS(=O)(=O)O. The van der Waals surface area contributed by atoms with Crippen LogP contribution in [0.25, 0.3) is 16.7 Å². The molecule has 396 valence electrons. The summed E-state index contributed by atoms with van der Waals surface area (Å²) in [4.78, 5) is 83.7. The summed E-state index contributed by atoms with van der Waals surface area (Å²) in [6.45, 7) is 6.53. The van der Waals surface area contributed by atoms with Gasteiger partial charge in [-0.3, -0.25) is 18.4 Å². The predicted molar refractivity (Wildman–Crippen MR) is 256 cm³/mol. The molecule has 73 heavy (non-hydrogen) atoms. The molecule has 8 rings (SSSR count). The van der Waals surface area contributed by atoms with Crippen molar-refractivity contribution in [3.63, 3.8) is 0 Å². The Morgan fingerprint density at radius 3 is 2.52 bits per heavy atom. The molecule has 33 heteroatoms. The number of aryl methyl sites for hydroxylation is 1. The zero-order chi connectivity index (χ0) is 52.8. The number of nitrogens with zero attached hydrogens (tertiary/aromatic N) is 7. The van der Waals surface area contributed by atoms with Gasteiger partial charge in [-0.25, -0.2) is 43.0 Å². The minimum Gasteiger partial charge on any atom is -0.452 e. The molecule has 0 bridgehead atoms. The number of hydrogen-bond donors (Lipinski definition) is 10. The highest BCUT2D eigenvalue weighted by Crippen LogP contribution is 2.61. The number of phosphoric ester groups is 1. The fourth-order valence-electron chi connectivity index (χ4n) is 9.06. The molecule has 1 saturated heterocycles. The number of rotatable bonds is 19. The van der Waals surface area contributed by atoms with Gasteiger partial charge in [0.25, 0.3) is 10.1 Å². The Balaban J connectivity index is 0.892. The number of carbonyl (C=O) groups is 2. The third-order valence-electron chi connectivity index (χ3n) is 12.1. The molecule has 0 aliphatic carbocycles. The Morgan fingerprint density at radius 2 is 1.79 bits per heavy atom. The molecule has 4 aromatic rings. The van der Waals surface area contributed by atoms with Gasteiger partial charge in [-0.1, -0.05) is 6.08 Å². The van der Waals surface area contributed by atoms with E-state index in [-0.39, 0.29) is 36.5 Å². The number of anilines is 2. The van der Waals surface area contributed by atoms with Crippen LogP contribution in [0.3, 0.4) is 0 Å². The number of carbonyl (C=O) groups excluding carboxylic acids is 2. The molecule has 2 aromatic heterocycles. The molecule has 2 amide bonds. The Bertz CT molecular complexity index is 3280. The number of phosphoric acid groups is 1.